The second-order valence-electron chi connectivity index (χ2n) is 5.78. The van der Waals surface area contributed by atoms with Crippen molar-refractivity contribution in [2.24, 2.45) is 10.7 Å². The molecule has 0 bridgehead atoms. The molecule has 0 saturated carbocycles. The molecule has 0 saturated heterocycles. The summed E-state index contributed by atoms with van der Waals surface area (Å²) in [6.45, 7) is 4.21. The summed E-state index contributed by atoms with van der Waals surface area (Å²) in [6.07, 6.45) is 0.910. The first kappa shape index (κ1) is 15.7. The summed E-state index contributed by atoms with van der Waals surface area (Å²) < 4.78 is 5.29. The number of anilines is 1. The maximum Gasteiger partial charge on any atom is 0.292 e. The number of ether oxygens (including phenoxy) is 1. The number of nitrogens with two attached hydrogens (primary N) is 1. The van der Waals surface area contributed by atoms with Crippen molar-refractivity contribution >= 4 is 28.5 Å². The van der Waals surface area contributed by atoms with Crippen LogP contribution in [0, 0.1) is 0 Å². The van der Waals surface area contributed by atoms with Gasteiger partial charge in [-0.15, -0.1) is 0 Å². The fraction of sp³-hybridized carbons (Fsp3) is 0.375. The van der Waals surface area contributed by atoms with Gasteiger partial charge in [-0.2, -0.15) is 0 Å². The molecule has 2 heterocycles. The Kier molecular flexibility index (Phi) is 4.21. The molecule has 0 aromatic heterocycles. The minimum absolute atomic E-state index is 0.253. The van der Waals surface area contributed by atoms with E-state index < -0.39 is 0 Å². The van der Waals surface area contributed by atoms with Crippen molar-refractivity contribution in [3.05, 3.63) is 41.3 Å². The van der Waals surface area contributed by atoms with Gasteiger partial charge in [0.1, 0.15) is 0 Å². The van der Waals surface area contributed by atoms with Crippen LogP contribution < -0.4 is 16.4 Å². The van der Waals surface area contributed by atoms with E-state index in [4.69, 9.17) is 10.5 Å². The summed E-state index contributed by atoms with van der Waals surface area (Å²) in [5.74, 6) is 1.02. The molecule has 7 heteroatoms. The molecule has 4 N–H and O–H groups in total. The van der Waals surface area contributed by atoms with Crippen molar-refractivity contribution in [3.8, 4) is 0 Å². The lowest BCUT2D eigenvalue weighted by Gasteiger charge is -2.30. The van der Waals surface area contributed by atoms with Gasteiger partial charge in [0, 0.05) is 11.4 Å². The van der Waals surface area contributed by atoms with E-state index in [2.05, 4.69) is 22.5 Å². The van der Waals surface area contributed by atoms with Crippen molar-refractivity contribution in [1.82, 2.24) is 5.32 Å². The van der Waals surface area contributed by atoms with Crippen molar-refractivity contribution in [3.63, 3.8) is 0 Å². The zero-order valence-electron chi connectivity index (χ0n) is 13.2. The summed E-state index contributed by atoms with van der Waals surface area (Å²) in [7, 11) is 0. The van der Waals surface area contributed by atoms with Crippen LogP contribution in [0.15, 0.2) is 40.7 Å². The summed E-state index contributed by atoms with van der Waals surface area (Å²) in [6, 6.07) is 7.73. The number of amidine groups is 1. The van der Waals surface area contributed by atoms with Gasteiger partial charge in [0.05, 0.1) is 11.2 Å². The average molecular weight is 332 g/mol. The molecule has 0 radical (unpaired) electrons. The Morgan fingerprint density at radius 3 is 3.04 bits per heavy atom. The van der Waals surface area contributed by atoms with Gasteiger partial charge in [-0.05, 0) is 38.0 Å². The van der Waals surface area contributed by atoms with E-state index in [-0.39, 0.29) is 11.4 Å². The number of hydrogen-bond donors (Lipinski definition) is 3. The van der Waals surface area contributed by atoms with Crippen molar-refractivity contribution in [2.45, 2.75) is 25.8 Å². The number of benzene rings is 1. The van der Waals surface area contributed by atoms with Crippen LogP contribution >= 0.6 is 11.8 Å². The van der Waals surface area contributed by atoms with Gasteiger partial charge in [0.15, 0.2) is 11.9 Å². The quantitative estimate of drug-likeness (QED) is 0.789. The van der Waals surface area contributed by atoms with Crippen LogP contribution in [0.25, 0.3) is 0 Å². The summed E-state index contributed by atoms with van der Waals surface area (Å²) in [5, 5.41) is 6.46. The highest BCUT2D eigenvalue weighted by Crippen LogP contribution is 2.35. The van der Waals surface area contributed by atoms with Gasteiger partial charge in [0.2, 0.25) is 5.76 Å². The van der Waals surface area contributed by atoms with E-state index in [1.54, 1.807) is 11.8 Å². The van der Waals surface area contributed by atoms with Crippen LogP contribution in [0.5, 0.6) is 0 Å². The number of rotatable bonds is 3. The first-order chi connectivity index (χ1) is 11.0. The molecule has 1 atom stereocenters. The number of amides is 1. The lowest BCUT2D eigenvalue weighted by Crippen LogP contribution is -2.28. The topological polar surface area (TPSA) is 88.7 Å². The van der Waals surface area contributed by atoms with Gasteiger partial charge < -0.3 is 21.1 Å². The van der Waals surface area contributed by atoms with E-state index in [1.165, 1.54) is 0 Å². The average Bonchev–Trinajstić information content (AvgIpc) is 2.93. The predicted octanol–water partition coefficient (Wildman–Crippen LogP) is 2.10. The maximum atomic E-state index is 12.3. The molecule has 1 aromatic carbocycles. The molecule has 0 unspecified atom stereocenters. The Morgan fingerprint density at radius 1 is 1.52 bits per heavy atom. The van der Waals surface area contributed by atoms with Crippen molar-refractivity contribution in [2.75, 3.05) is 17.8 Å². The number of allylic oxidation sites excluding steroid dienone is 1. The third-order valence-electron chi connectivity index (χ3n) is 4.04. The molecule has 2 aliphatic rings. The number of nitrogens with zero attached hydrogens (tertiary/aromatic N) is 1. The third kappa shape index (κ3) is 3.29. The number of hydrogen-bond acceptors (Lipinski definition) is 6. The fourth-order valence-electron chi connectivity index (χ4n) is 2.66. The van der Waals surface area contributed by atoms with Gasteiger partial charge in [-0.25, -0.2) is 0 Å². The summed E-state index contributed by atoms with van der Waals surface area (Å²) >= 11 is 1.58. The molecule has 2 aliphatic heterocycles. The first-order valence-electron chi connectivity index (χ1n) is 7.45. The standard InChI is InChI=1S/C16H20N4O2S/c1-10-13(22-9-18-10)14(21)19-12-5-3-4-11(8-12)16(2)6-7-23-15(17)20-16/h3-5,8,18H,6-7,9H2,1-2H3,(H2,17,20)(H,19,21)/t16-/m0/s1. The monoisotopic (exact) mass is 332 g/mol. The van der Waals surface area contributed by atoms with Crippen molar-refractivity contribution < 1.29 is 9.53 Å². The SMILES string of the molecule is CC1=C(C(=O)Nc2cccc([C@]3(C)CCSC(N)=N3)c2)OCN1. The summed E-state index contributed by atoms with van der Waals surface area (Å²) in [5.41, 5.74) is 8.03. The molecule has 1 amide bonds. The Balaban J connectivity index is 1.82. The highest BCUT2D eigenvalue weighted by Gasteiger charge is 2.29. The molecular weight excluding hydrogens is 312 g/mol. The minimum atomic E-state index is -0.351. The second kappa shape index (κ2) is 6.16. The lowest BCUT2D eigenvalue weighted by atomic mass is 9.89. The number of aliphatic imine (C=N–C) groups is 1. The zero-order chi connectivity index (χ0) is 16.4. The molecule has 1 aromatic rings. The third-order valence-corrected chi connectivity index (χ3v) is 4.83. The molecule has 3 rings (SSSR count). The maximum absolute atomic E-state index is 12.3. The molecule has 122 valence electrons. The smallest absolute Gasteiger partial charge is 0.292 e. The molecule has 0 spiro atoms. The van der Waals surface area contributed by atoms with Crippen LogP contribution in [0.3, 0.4) is 0 Å². The summed E-state index contributed by atoms with van der Waals surface area (Å²) in [4.78, 5) is 16.9. The number of thioether (sulfide) groups is 1. The number of nitrogens with one attached hydrogen (secondary N) is 2. The molecular formula is C16H20N4O2S. The van der Waals surface area contributed by atoms with E-state index in [0.29, 0.717) is 17.7 Å². The predicted molar refractivity (Wildman–Crippen MR) is 92.9 cm³/mol. The minimum Gasteiger partial charge on any atom is -0.466 e. The van der Waals surface area contributed by atoms with Crippen LogP contribution in [0.4, 0.5) is 5.69 Å². The second-order valence-corrected chi connectivity index (χ2v) is 6.89. The normalized spacial score (nSPS) is 23.8. The molecule has 6 nitrogen and oxygen atoms in total. The fourth-order valence-corrected chi connectivity index (χ4v) is 3.63. The number of carbonyl (C=O) groups is 1. The Morgan fingerprint density at radius 2 is 2.35 bits per heavy atom. The van der Waals surface area contributed by atoms with Crippen LogP contribution in [-0.4, -0.2) is 23.6 Å². The molecule has 0 fully saturated rings. The Labute approximate surface area is 139 Å². The molecule has 0 aliphatic carbocycles. The van der Waals surface area contributed by atoms with Crippen molar-refractivity contribution in [1.29, 1.82) is 0 Å². The Bertz CT molecular complexity index is 701. The zero-order valence-corrected chi connectivity index (χ0v) is 14.0. The van der Waals surface area contributed by atoms with Crippen LogP contribution in [-0.2, 0) is 15.1 Å². The highest BCUT2D eigenvalue weighted by atomic mass is 32.2. The van der Waals surface area contributed by atoms with Gasteiger partial charge in [-0.3, -0.25) is 9.79 Å². The van der Waals surface area contributed by atoms with E-state index in [0.717, 1.165) is 29.1 Å². The van der Waals surface area contributed by atoms with Gasteiger partial charge in [0.25, 0.3) is 5.91 Å². The number of carbonyl (C=O) groups excluding carboxylic acids is 1. The van der Waals surface area contributed by atoms with Crippen LogP contribution in [0.1, 0.15) is 25.8 Å². The van der Waals surface area contributed by atoms with Gasteiger partial charge >= 0.3 is 0 Å². The molecule has 23 heavy (non-hydrogen) atoms. The Hall–Kier alpha value is -2.15. The van der Waals surface area contributed by atoms with E-state index in [1.807, 2.05) is 31.2 Å². The largest absolute Gasteiger partial charge is 0.466 e. The van der Waals surface area contributed by atoms with E-state index >= 15 is 0 Å². The highest BCUT2D eigenvalue weighted by molar-refractivity contribution is 8.13. The van der Waals surface area contributed by atoms with Gasteiger partial charge in [-0.1, -0.05) is 23.9 Å². The lowest BCUT2D eigenvalue weighted by molar-refractivity contribution is -0.115. The van der Waals surface area contributed by atoms with Crippen LogP contribution in [0.2, 0.25) is 0 Å². The first-order valence-corrected chi connectivity index (χ1v) is 8.44. The van der Waals surface area contributed by atoms with E-state index in [9.17, 15) is 4.79 Å².